The van der Waals surface area contributed by atoms with Gasteiger partial charge in [-0.15, -0.1) is 0 Å². The molecule has 1 atom stereocenters. The van der Waals surface area contributed by atoms with E-state index in [1.54, 1.807) is 13.3 Å². The van der Waals surface area contributed by atoms with E-state index < -0.39 is 0 Å². The molecule has 1 aromatic carbocycles. The van der Waals surface area contributed by atoms with Crippen molar-refractivity contribution >= 4 is 5.91 Å². The zero-order chi connectivity index (χ0) is 18.5. The molecule has 0 radical (unpaired) electrons. The molecule has 2 heterocycles. The molecular formula is C21H23N3O2. The van der Waals surface area contributed by atoms with Crippen molar-refractivity contribution in [3.63, 3.8) is 0 Å². The highest BCUT2D eigenvalue weighted by atomic mass is 16.5. The number of carbonyl (C=O) groups is 1. The summed E-state index contributed by atoms with van der Waals surface area (Å²) in [5.74, 6) is 0.704. The Morgan fingerprint density at radius 2 is 1.96 bits per heavy atom. The minimum Gasteiger partial charge on any atom is -0.497 e. The molecule has 0 saturated heterocycles. The first-order valence-corrected chi connectivity index (χ1v) is 8.68. The maximum absolute atomic E-state index is 12.8. The molecular weight excluding hydrogens is 326 g/mol. The van der Waals surface area contributed by atoms with E-state index in [2.05, 4.69) is 10.3 Å². The summed E-state index contributed by atoms with van der Waals surface area (Å²) < 4.78 is 7.16. The van der Waals surface area contributed by atoms with Crippen LogP contribution in [0, 0.1) is 0 Å². The quantitative estimate of drug-likeness (QED) is 0.730. The fourth-order valence-electron chi connectivity index (χ4n) is 2.88. The van der Waals surface area contributed by atoms with Crippen LogP contribution in [0.2, 0.25) is 0 Å². The molecule has 0 aliphatic rings. The van der Waals surface area contributed by atoms with Crippen LogP contribution < -0.4 is 10.1 Å². The molecule has 134 valence electrons. The molecule has 0 aliphatic heterocycles. The number of amides is 1. The molecule has 0 bridgehead atoms. The number of methoxy groups -OCH3 is 1. The zero-order valence-corrected chi connectivity index (χ0v) is 15.3. The highest BCUT2D eigenvalue weighted by molar-refractivity contribution is 5.94. The standard InChI is InChI=1S/C21H23N3O2/c1-4-24-14-17(16-8-10-18(26-3)11-9-16)13-20(24)21(25)23-15(2)19-7-5-6-12-22-19/h5-15H,4H2,1-3H3,(H,23,25). The average molecular weight is 349 g/mol. The number of carbonyl (C=O) groups excluding carboxylic acids is 1. The summed E-state index contributed by atoms with van der Waals surface area (Å²) in [5, 5.41) is 3.03. The van der Waals surface area contributed by atoms with E-state index in [1.807, 2.05) is 73.1 Å². The van der Waals surface area contributed by atoms with Gasteiger partial charge in [-0.25, -0.2) is 0 Å². The molecule has 5 nitrogen and oxygen atoms in total. The second-order valence-electron chi connectivity index (χ2n) is 6.08. The Labute approximate surface area is 153 Å². The van der Waals surface area contributed by atoms with Crippen molar-refractivity contribution in [2.45, 2.75) is 26.4 Å². The predicted octanol–water partition coefficient (Wildman–Crippen LogP) is 4.07. The number of aromatic nitrogens is 2. The smallest absolute Gasteiger partial charge is 0.268 e. The number of aryl methyl sites for hydroxylation is 1. The van der Waals surface area contributed by atoms with Crippen LogP contribution in [0.15, 0.2) is 60.9 Å². The van der Waals surface area contributed by atoms with Crippen molar-refractivity contribution in [1.82, 2.24) is 14.9 Å². The summed E-state index contributed by atoms with van der Waals surface area (Å²) in [5.41, 5.74) is 3.53. The number of pyridine rings is 1. The first kappa shape index (κ1) is 17.7. The van der Waals surface area contributed by atoms with E-state index >= 15 is 0 Å². The number of benzene rings is 1. The van der Waals surface area contributed by atoms with Gasteiger partial charge in [0.2, 0.25) is 0 Å². The largest absolute Gasteiger partial charge is 0.497 e. The van der Waals surface area contributed by atoms with Gasteiger partial charge in [-0.1, -0.05) is 18.2 Å². The predicted molar refractivity (Wildman–Crippen MR) is 102 cm³/mol. The van der Waals surface area contributed by atoms with Crippen LogP contribution in [-0.2, 0) is 6.54 Å². The fraction of sp³-hybridized carbons (Fsp3) is 0.238. The number of ether oxygens (including phenoxy) is 1. The number of rotatable bonds is 6. The van der Waals surface area contributed by atoms with Crippen LogP contribution in [0.25, 0.3) is 11.1 Å². The maximum Gasteiger partial charge on any atom is 0.268 e. The molecule has 3 rings (SSSR count). The molecule has 5 heteroatoms. The summed E-state index contributed by atoms with van der Waals surface area (Å²) in [6, 6.07) is 15.3. The van der Waals surface area contributed by atoms with Crippen LogP contribution >= 0.6 is 0 Å². The number of hydrogen-bond donors (Lipinski definition) is 1. The van der Waals surface area contributed by atoms with Gasteiger partial charge in [0.05, 0.1) is 18.8 Å². The topological polar surface area (TPSA) is 56.1 Å². The van der Waals surface area contributed by atoms with Crippen molar-refractivity contribution in [3.8, 4) is 16.9 Å². The van der Waals surface area contributed by atoms with E-state index in [0.717, 1.165) is 29.1 Å². The Hall–Kier alpha value is -3.08. The molecule has 0 saturated carbocycles. The monoisotopic (exact) mass is 349 g/mol. The number of hydrogen-bond acceptors (Lipinski definition) is 3. The summed E-state index contributed by atoms with van der Waals surface area (Å²) in [7, 11) is 1.65. The Balaban J connectivity index is 1.82. The highest BCUT2D eigenvalue weighted by Crippen LogP contribution is 2.25. The molecule has 0 spiro atoms. The minimum absolute atomic E-state index is 0.107. The Kier molecular flexibility index (Phi) is 5.37. The zero-order valence-electron chi connectivity index (χ0n) is 15.3. The molecule has 1 unspecified atom stereocenters. The van der Waals surface area contributed by atoms with Crippen molar-refractivity contribution in [3.05, 3.63) is 72.3 Å². The lowest BCUT2D eigenvalue weighted by Crippen LogP contribution is -2.28. The molecule has 1 N–H and O–H groups in total. The first-order valence-electron chi connectivity index (χ1n) is 8.68. The van der Waals surface area contributed by atoms with Crippen molar-refractivity contribution < 1.29 is 9.53 Å². The van der Waals surface area contributed by atoms with E-state index in [1.165, 1.54) is 0 Å². The average Bonchev–Trinajstić information content (AvgIpc) is 3.13. The summed E-state index contributed by atoms with van der Waals surface area (Å²) in [6.45, 7) is 4.68. The van der Waals surface area contributed by atoms with Crippen molar-refractivity contribution in [2.24, 2.45) is 0 Å². The third-order valence-electron chi connectivity index (χ3n) is 4.37. The normalized spacial score (nSPS) is 11.8. The molecule has 0 aliphatic carbocycles. The lowest BCUT2D eigenvalue weighted by molar-refractivity contribution is 0.0930. The van der Waals surface area contributed by atoms with E-state index in [0.29, 0.717) is 5.69 Å². The van der Waals surface area contributed by atoms with Crippen molar-refractivity contribution in [2.75, 3.05) is 7.11 Å². The lowest BCUT2D eigenvalue weighted by Gasteiger charge is -2.14. The fourth-order valence-corrected chi connectivity index (χ4v) is 2.88. The Morgan fingerprint density at radius 1 is 1.19 bits per heavy atom. The van der Waals surface area contributed by atoms with Crippen LogP contribution in [0.4, 0.5) is 0 Å². The van der Waals surface area contributed by atoms with Crippen LogP contribution in [0.3, 0.4) is 0 Å². The third kappa shape index (κ3) is 3.77. The van der Waals surface area contributed by atoms with Crippen LogP contribution in [0.5, 0.6) is 5.75 Å². The summed E-state index contributed by atoms with van der Waals surface area (Å²) in [6.07, 6.45) is 3.73. The third-order valence-corrected chi connectivity index (χ3v) is 4.37. The lowest BCUT2D eigenvalue weighted by atomic mass is 10.1. The summed E-state index contributed by atoms with van der Waals surface area (Å²) in [4.78, 5) is 17.1. The van der Waals surface area contributed by atoms with Gasteiger partial charge in [-0.05, 0) is 49.7 Å². The molecule has 26 heavy (non-hydrogen) atoms. The van der Waals surface area contributed by atoms with Gasteiger partial charge in [-0.3, -0.25) is 9.78 Å². The Morgan fingerprint density at radius 3 is 2.58 bits per heavy atom. The first-order chi connectivity index (χ1) is 12.6. The molecule has 0 fully saturated rings. The molecule has 3 aromatic rings. The van der Waals surface area contributed by atoms with Gasteiger partial charge >= 0.3 is 0 Å². The Bertz CT molecular complexity index is 870. The minimum atomic E-state index is -0.159. The highest BCUT2D eigenvalue weighted by Gasteiger charge is 2.17. The van der Waals surface area contributed by atoms with Gasteiger partial charge in [-0.2, -0.15) is 0 Å². The maximum atomic E-state index is 12.8. The van der Waals surface area contributed by atoms with Gasteiger partial charge in [0.1, 0.15) is 11.4 Å². The second kappa shape index (κ2) is 7.87. The van der Waals surface area contributed by atoms with Gasteiger partial charge < -0.3 is 14.6 Å². The van der Waals surface area contributed by atoms with Gasteiger partial charge in [0.25, 0.3) is 5.91 Å². The molecule has 2 aromatic heterocycles. The van der Waals surface area contributed by atoms with E-state index in [-0.39, 0.29) is 11.9 Å². The van der Waals surface area contributed by atoms with Gasteiger partial charge in [0.15, 0.2) is 0 Å². The SMILES string of the molecule is CCn1cc(-c2ccc(OC)cc2)cc1C(=O)NC(C)c1ccccn1. The van der Waals surface area contributed by atoms with Crippen LogP contribution in [-0.4, -0.2) is 22.6 Å². The summed E-state index contributed by atoms with van der Waals surface area (Å²) >= 11 is 0. The number of nitrogens with one attached hydrogen (secondary N) is 1. The van der Waals surface area contributed by atoms with E-state index in [9.17, 15) is 4.79 Å². The molecule has 1 amide bonds. The second-order valence-corrected chi connectivity index (χ2v) is 6.08. The van der Waals surface area contributed by atoms with Crippen molar-refractivity contribution in [1.29, 1.82) is 0 Å². The van der Waals surface area contributed by atoms with Gasteiger partial charge in [0, 0.05) is 24.5 Å². The van der Waals surface area contributed by atoms with E-state index in [4.69, 9.17) is 4.74 Å². The number of nitrogens with zero attached hydrogens (tertiary/aromatic N) is 2. The van der Waals surface area contributed by atoms with Crippen LogP contribution in [0.1, 0.15) is 36.1 Å².